The van der Waals surface area contributed by atoms with E-state index in [9.17, 15) is 14.7 Å². The van der Waals surface area contributed by atoms with Crippen molar-refractivity contribution in [3.8, 4) is 0 Å². The van der Waals surface area contributed by atoms with E-state index >= 15 is 0 Å². The summed E-state index contributed by atoms with van der Waals surface area (Å²) < 4.78 is 5.70. The molecule has 1 amide bonds. The maximum atomic E-state index is 12.7. The Kier molecular flexibility index (Phi) is 6.85. The van der Waals surface area contributed by atoms with Crippen LogP contribution in [-0.4, -0.2) is 40.8 Å². The standard InChI is InChI=1S/C20H29NO4/c1-16(2)14-20(18(22)23,15-17-10-6-5-7-11-17)25-19(24)21-12-8-3-4-9-13-21/h5-7,10-11,16H,3-4,8-9,12-15H2,1-2H3,(H,22,23)/t20-/m0/s1. The highest BCUT2D eigenvalue weighted by atomic mass is 16.6. The van der Waals surface area contributed by atoms with E-state index in [1.807, 2.05) is 44.2 Å². The molecule has 1 aromatic rings. The van der Waals surface area contributed by atoms with Crippen molar-refractivity contribution in [1.29, 1.82) is 0 Å². The van der Waals surface area contributed by atoms with Crippen LogP contribution in [0.15, 0.2) is 30.3 Å². The van der Waals surface area contributed by atoms with Crippen LogP contribution >= 0.6 is 0 Å². The average molecular weight is 347 g/mol. The lowest BCUT2D eigenvalue weighted by Crippen LogP contribution is -2.49. The Morgan fingerprint density at radius 2 is 1.72 bits per heavy atom. The van der Waals surface area contributed by atoms with Crippen LogP contribution in [0.2, 0.25) is 0 Å². The number of carboxylic acids is 1. The second-order valence-corrected chi connectivity index (χ2v) is 7.33. The molecule has 1 aliphatic rings. The number of carboxylic acid groups (broad SMARTS) is 1. The first-order valence-corrected chi connectivity index (χ1v) is 9.18. The van der Waals surface area contributed by atoms with Gasteiger partial charge in [0.05, 0.1) is 0 Å². The van der Waals surface area contributed by atoms with Gasteiger partial charge < -0.3 is 14.7 Å². The molecule has 1 N–H and O–H groups in total. The van der Waals surface area contributed by atoms with Crippen LogP contribution in [0.25, 0.3) is 0 Å². The summed E-state index contributed by atoms with van der Waals surface area (Å²) in [5, 5.41) is 9.94. The second kappa shape index (κ2) is 8.88. The van der Waals surface area contributed by atoms with Crippen LogP contribution in [-0.2, 0) is 16.0 Å². The number of hydrogen-bond acceptors (Lipinski definition) is 3. The van der Waals surface area contributed by atoms with Crippen molar-refractivity contribution in [3.05, 3.63) is 35.9 Å². The third kappa shape index (κ3) is 5.48. The van der Waals surface area contributed by atoms with Crippen LogP contribution in [0.3, 0.4) is 0 Å². The van der Waals surface area contributed by atoms with Crippen molar-refractivity contribution < 1.29 is 19.4 Å². The molecular formula is C20H29NO4. The van der Waals surface area contributed by atoms with E-state index in [4.69, 9.17) is 4.74 Å². The molecule has 2 rings (SSSR count). The lowest BCUT2D eigenvalue weighted by atomic mass is 9.86. The van der Waals surface area contributed by atoms with Crippen molar-refractivity contribution in [3.63, 3.8) is 0 Å². The lowest BCUT2D eigenvalue weighted by Gasteiger charge is -2.33. The molecule has 0 radical (unpaired) electrons. The van der Waals surface area contributed by atoms with Crippen molar-refractivity contribution in [2.45, 2.75) is 58.0 Å². The number of amides is 1. The zero-order valence-electron chi connectivity index (χ0n) is 15.2. The molecule has 5 nitrogen and oxygen atoms in total. The third-order valence-electron chi connectivity index (χ3n) is 4.61. The molecule has 0 bridgehead atoms. The SMILES string of the molecule is CC(C)C[C@@](Cc1ccccc1)(OC(=O)N1CCCCCC1)C(=O)O. The number of carbonyl (C=O) groups excluding carboxylic acids is 1. The molecular weight excluding hydrogens is 318 g/mol. The maximum absolute atomic E-state index is 12.7. The molecule has 1 aliphatic heterocycles. The molecule has 1 saturated heterocycles. The first-order chi connectivity index (χ1) is 11.9. The topological polar surface area (TPSA) is 66.8 Å². The molecule has 1 atom stereocenters. The molecule has 0 saturated carbocycles. The van der Waals surface area contributed by atoms with E-state index in [0.717, 1.165) is 31.2 Å². The molecule has 0 spiro atoms. The Labute approximate surface area is 150 Å². The molecule has 1 heterocycles. The minimum absolute atomic E-state index is 0.0942. The number of carbonyl (C=O) groups is 2. The maximum Gasteiger partial charge on any atom is 0.410 e. The highest BCUT2D eigenvalue weighted by molar-refractivity contribution is 5.82. The number of rotatable bonds is 6. The Hall–Kier alpha value is -2.04. The minimum atomic E-state index is -1.53. The van der Waals surface area contributed by atoms with Gasteiger partial charge in [-0.15, -0.1) is 0 Å². The van der Waals surface area contributed by atoms with Gasteiger partial charge in [-0.25, -0.2) is 9.59 Å². The summed E-state index contributed by atoms with van der Waals surface area (Å²) in [6.07, 6.45) is 4.06. The second-order valence-electron chi connectivity index (χ2n) is 7.33. The summed E-state index contributed by atoms with van der Waals surface area (Å²) in [6, 6.07) is 9.37. The fourth-order valence-corrected chi connectivity index (χ4v) is 3.43. The van der Waals surface area contributed by atoms with Crippen molar-refractivity contribution in [1.82, 2.24) is 4.90 Å². The van der Waals surface area contributed by atoms with E-state index in [1.165, 1.54) is 0 Å². The quantitative estimate of drug-likeness (QED) is 0.841. The first-order valence-electron chi connectivity index (χ1n) is 9.18. The number of hydrogen-bond donors (Lipinski definition) is 1. The Morgan fingerprint density at radius 3 is 2.24 bits per heavy atom. The molecule has 1 aromatic carbocycles. The summed E-state index contributed by atoms with van der Waals surface area (Å²) in [5.74, 6) is -0.982. The molecule has 5 heteroatoms. The summed E-state index contributed by atoms with van der Waals surface area (Å²) in [7, 11) is 0. The van der Waals surface area contributed by atoms with Gasteiger partial charge in [0.2, 0.25) is 5.60 Å². The summed E-state index contributed by atoms with van der Waals surface area (Å²) >= 11 is 0. The van der Waals surface area contributed by atoms with Gasteiger partial charge in [0.15, 0.2) is 0 Å². The van der Waals surface area contributed by atoms with Gasteiger partial charge in [-0.2, -0.15) is 0 Å². The average Bonchev–Trinajstić information content (AvgIpc) is 2.84. The van der Waals surface area contributed by atoms with Gasteiger partial charge >= 0.3 is 12.1 Å². The van der Waals surface area contributed by atoms with E-state index < -0.39 is 17.7 Å². The highest BCUT2D eigenvalue weighted by Gasteiger charge is 2.44. The zero-order chi connectivity index (χ0) is 18.3. The van der Waals surface area contributed by atoms with Crippen molar-refractivity contribution in [2.24, 2.45) is 5.92 Å². The van der Waals surface area contributed by atoms with Gasteiger partial charge in [-0.3, -0.25) is 0 Å². The van der Waals surface area contributed by atoms with Crippen LogP contribution in [0, 0.1) is 5.92 Å². The fourth-order valence-electron chi connectivity index (χ4n) is 3.43. The third-order valence-corrected chi connectivity index (χ3v) is 4.61. The molecule has 0 aromatic heterocycles. The predicted molar refractivity (Wildman–Crippen MR) is 96.5 cm³/mol. The smallest absolute Gasteiger partial charge is 0.410 e. The minimum Gasteiger partial charge on any atom is -0.478 e. The zero-order valence-corrected chi connectivity index (χ0v) is 15.2. The molecule has 1 fully saturated rings. The van der Waals surface area contributed by atoms with Gasteiger partial charge in [-0.05, 0) is 24.3 Å². The number of aliphatic carboxylic acids is 1. The summed E-state index contributed by atoms with van der Waals surface area (Å²) in [6.45, 7) is 5.17. The van der Waals surface area contributed by atoms with Gasteiger partial charge in [0.1, 0.15) is 0 Å². The largest absolute Gasteiger partial charge is 0.478 e. The Morgan fingerprint density at radius 1 is 1.12 bits per heavy atom. The molecule has 0 aliphatic carbocycles. The van der Waals surface area contributed by atoms with E-state index in [1.54, 1.807) is 4.90 Å². The monoisotopic (exact) mass is 347 g/mol. The van der Waals surface area contributed by atoms with E-state index in [-0.39, 0.29) is 18.8 Å². The number of nitrogens with zero attached hydrogens (tertiary/aromatic N) is 1. The van der Waals surface area contributed by atoms with E-state index in [2.05, 4.69) is 0 Å². The van der Waals surface area contributed by atoms with Crippen LogP contribution < -0.4 is 0 Å². The van der Waals surface area contributed by atoms with Gasteiger partial charge in [0, 0.05) is 25.9 Å². The van der Waals surface area contributed by atoms with E-state index in [0.29, 0.717) is 13.1 Å². The number of ether oxygens (including phenoxy) is 1. The fraction of sp³-hybridized carbons (Fsp3) is 0.600. The van der Waals surface area contributed by atoms with Crippen LogP contribution in [0.5, 0.6) is 0 Å². The molecule has 138 valence electrons. The Balaban J connectivity index is 2.22. The normalized spacial score (nSPS) is 17.6. The Bertz CT molecular complexity index is 564. The van der Waals surface area contributed by atoms with Gasteiger partial charge in [-0.1, -0.05) is 57.0 Å². The highest BCUT2D eigenvalue weighted by Crippen LogP contribution is 2.28. The summed E-state index contributed by atoms with van der Waals surface area (Å²) in [4.78, 5) is 26.5. The molecule has 25 heavy (non-hydrogen) atoms. The van der Waals surface area contributed by atoms with Crippen LogP contribution in [0.1, 0.15) is 51.5 Å². The van der Waals surface area contributed by atoms with Gasteiger partial charge in [0.25, 0.3) is 0 Å². The summed E-state index contributed by atoms with van der Waals surface area (Å²) in [5.41, 5.74) is -0.673. The van der Waals surface area contributed by atoms with Crippen molar-refractivity contribution >= 4 is 12.1 Å². The number of benzene rings is 1. The van der Waals surface area contributed by atoms with Crippen LogP contribution in [0.4, 0.5) is 4.79 Å². The number of likely N-dealkylation sites (tertiary alicyclic amines) is 1. The van der Waals surface area contributed by atoms with Crippen molar-refractivity contribution in [2.75, 3.05) is 13.1 Å². The molecule has 0 unspecified atom stereocenters. The first kappa shape index (κ1) is 19.3. The lowest BCUT2D eigenvalue weighted by molar-refractivity contribution is -0.161. The predicted octanol–water partition coefficient (Wildman–Crippen LogP) is 4.11.